The summed E-state index contributed by atoms with van der Waals surface area (Å²) in [6.45, 7) is 2.26. The summed E-state index contributed by atoms with van der Waals surface area (Å²) in [5.41, 5.74) is 2.96. The number of ether oxygens (including phenoxy) is 3. The molecule has 0 bridgehead atoms. The van der Waals surface area contributed by atoms with Gasteiger partial charge in [-0.25, -0.2) is 0 Å². The second-order valence-corrected chi connectivity index (χ2v) is 8.06. The fraction of sp³-hybridized carbons (Fsp3) is 0.360. The van der Waals surface area contributed by atoms with Crippen LogP contribution in [0.4, 0.5) is 0 Å². The zero-order valence-corrected chi connectivity index (χ0v) is 18.6. The number of carbonyl (C=O) groups excluding carboxylic acids is 1. The summed E-state index contributed by atoms with van der Waals surface area (Å²) in [5, 5.41) is 0. The Bertz CT molecular complexity index is 1030. The van der Waals surface area contributed by atoms with Gasteiger partial charge in [0.1, 0.15) is 6.10 Å². The van der Waals surface area contributed by atoms with Gasteiger partial charge in [0, 0.05) is 51.3 Å². The van der Waals surface area contributed by atoms with E-state index in [0.29, 0.717) is 37.6 Å². The van der Waals surface area contributed by atoms with E-state index in [0.717, 1.165) is 29.7 Å². The molecule has 0 aliphatic carbocycles. The highest BCUT2D eigenvalue weighted by molar-refractivity contribution is 5.78. The standard InChI is InChI=1S/C25H29N3O4/c1-27-10-7-20(15-27)13-25(29)28(17-21-4-3-9-26-14-21)16-19-5-6-23(24(12-19)30-2)32-22-8-11-31-18-22/h3-7,9-10,12,14-15,22H,8,11,13,16-18H2,1-2H3/t22-/m1/s1. The molecule has 32 heavy (non-hydrogen) atoms. The number of rotatable bonds is 9. The van der Waals surface area contributed by atoms with E-state index in [1.807, 2.05) is 65.3 Å². The van der Waals surface area contributed by atoms with E-state index in [4.69, 9.17) is 14.2 Å². The van der Waals surface area contributed by atoms with Gasteiger partial charge in [0.25, 0.3) is 0 Å². The number of carbonyl (C=O) groups is 1. The van der Waals surface area contributed by atoms with Crippen LogP contribution < -0.4 is 9.47 Å². The van der Waals surface area contributed by atoms with E-state index in [-0.39, 0.29) is 12.0 Å². The van der Waals surface area contributed by atoms with Gasteiger partial charge in [-0.2, -0.15) is 0 Å². The molecule has 1 amide bonds. The maximum absolute atomic E-state index is 13.2. The van der Waals surface area contributed by atoms with Crippen molar-refractivity contribution in [1.29, 1.82) is 0 Å². The number of aromatic nitrogens is 2. The number of nitrogens with zero attached hydrogens (tertiary/aromatic N) is 3. The lowest BCUT2D eigenvalue weighted by molar-refractivity contribution is -0.131. The number of benzene rings is 1. The van der Waals surface area contributed by atoms with Gasteiger partial charge in [0.2, 0.25) is 5.91 Å². The fourth-order valence-corrected chi connectivity index (χ4v) is 3.81. The number of amides is 1. The lowest BCUT2D eigenvalue weighted by Crippen LogP contribution is -2.31. The smallest absolute Gasteiger partial charge is 0.227 e. The molecule has 1 aliphatic heterocycles. The Morgan fingerprint density at radius 1 is 1.19 bits per heavy atom. The molecule has 4 rings (SSSR count). The van der Waals surface area contributed by atoms with Gasteiger partial charge < -0.3 is 23.7 Å². The Morgan fingerprint density at radius 3 is 2.75 bits per heavy atom. The SMILES string of the molecule is COc1cc(CN(Cc2cccnc2)C(=O)Cc2ccn(C)c2)ccc1O[C@@H]1CCOC1. The Morgan fingerprint density at radius 2 is 2.06 bits per heavy atom. The van der Waals surface area contributed by atoms with Crippen molar-refractivity contribution < 1.29 is 19.0 Å². The van der Waals surface area contributed by atoms with E-state index in [1.54, 1.807) is 19.5 Å². The second kappa shape index (κ2) is 10.3. The first kappa shape index (κ1) is 21.9. The van der Waals surface area contributed by atoms with Crippen LogP contribution in [0.1, 0.15) is 23.1 Å². The van der Waals surface area contributed by atoms with E-state index >= 15 is 0 Å². The summed E-state index contributed by atoms with van der Waals surface area (Å²) in [4.78, 5) is 19.3. The largest absolute Gasteiger partial charge is 0.493 e. The molecule has 0 unspecified atom stereocenters. The zero-order chi connectivity index (χ0) is 22.3. The number of methoxy groups -OCH3 is 1. The molecule has 1 fully saturated rings. The third kappa shape index (κ3) is 5.68. The van der Waals surface area contributed by atoms with Gasteiger partial charge in [-0.3, -0.25) is 9.78 Å². The van der Waals surface area contributed by atoms with E-state index in [2.05, 4.69) is 4.98 Å². The predicted molar refractivity (Wildman–Crippen MR) is 120 cm³/mol. The molecule has 0 spiro atoms. The molecule has 0 saturated carbocycles. The van der Waals surface area contributed by atoms with Gasteiger partial charge in [-0.05, 0) is 41.0 Å². The Hall–Kier alpha value is -3.32. The molecule has 7 heteroatoms. The minimum absolute atomic E-state index is 0.0456. The Labute approximate surface area is 188 Å². The number of aryl methyl sites for hydroxylation is 1. The van der Waals surface area contributed by atoms with Crippen molar-refractivity contribution in [2.45, 2.75) is 32.0 Å². The average molecular weight is 436 g/mol. The third-order valence-electron chi connectivity index (χ3n) is 5.48. The van der Waals surface area contributed by atoms with Crippen LogP contribution in [0.2, 0.25) is 0 Å². The summed E-state index contributed by atoms with van der Waals surface area (Å²) in [6, 6.07) is 11.7. The van der Waals surface area contributed by atoms with Gasteiger partial charge in [0.15, 0.2) is 11.5 Å². The lowest BCUT2D eigenvalue weighted by atomic mass is 10.1. The molecule has 168 valence electrons. The molecule has 1 atom stereocenters. The maximum atomic E-state index is 13.2. The van der Waals surface area contributed by atoms with Crippen molar-refractivity contribution in [3.8, 4) is 11.5 Å². The van der Waals surface area contributed by atoms with E-state index in [9.17, 15) is 4.79 Å². The number of pyridine rings is 1. The molecular formula is C25H29N3O4. The first-order chi connectivity index (χ1) is 15.6. The Balaban J connectivity index is 1.51. The summed E-state index contributed by atoms with van der Waals surface area (Å²) in [7, 11) is 3.58. The first-order valence-electron chi connectivity index (χ1n) is 10.8. The zero-order valence-electron chi connectivity index (χ0n) is 18.6. The monoisotopic (exact) mass is 435 g/mol. The van der Waals surface area contributed by atoms with Crippen LogP contribution in [0.5, 0.6) is 11.5 Å². The van der Waals surface area contributed by atoms with Gasteiger partial charge in [-0.1, -0.05) is 12.1 Å². The molecule has 0 N–H and O–H groups in total. The lowest BCUT2D eigenvalue weighted by Gasteiger charge is -2.24. The van der Waals surface area contributed by atoms with Crippen LogP contribution in [0.25, 0.3) is 0 Å². The van der Waals surface area contributed by atoms with Crippen molar-refractivity contribution in [2.75, 3.05) is 20.3 Å². The predicted octanol–water partition coefficient (Wildman–Crippen LogP) is 3.37. The van der Waals surface area contributed by atoms with Gasteiger partial charge in [0.05, 0.1) is 26.7 Å². The molecule has 7 nitrogen and oxygen atoms in total. The van der Waals surface area contributed by atoms with Crippen LogP contribution in [-0.2, 0) is 36.1 Å². The quantitative estimate of drug-likeness (QED) is 0.516. The molecule has 1 saturated heterocycles. The van der Waals surface area contributed by atoms with E-state index in [1.165, 1.54) is 0 Å². The number of hydrogen-bond donors (Lipinski definition) is 0. The molecule has 1 aromatic carbocycles. The summed E-state index contributed by atoms with van der Waals surface area (Å²) >= 11 is 0. The van der Waals surface area contributed by atoms with Crippen LogP contribution in [0.3, 0.4) is 0 Å². The topological polar surface area (TPSA) is 65.8 Å². The van der Waals surface area contributed by atoms with Crippen molar-refractivity contribution in [1.82, 2.24) is 14.5 Å². The molecular weight excluding hydrogens is 406 g/mol. The summed E-state index contributed by atoms with van der Waals surface area (Å²) < 4.78 is 19.0. The molecule has 0 radical (unpaired) electrons. The fourth-order valence-electron chi connectivity index (χ4n) is 3.81. The highest BCUT2D eigenvalue weighted by atomic mass is 16.6. The molecule has 3 heterocycles. The average Bonchev–Trinajstić information content (AvgIpc) is 3.46. The van der Waals surface area contributed by atoms with Crippen molar-refractivity contribution in [3.63, 3.8) is 0 Å². The van der Waals surface area contributed by atoms with Gasteiger partial charge >= 0.3 is 0 Å². The molecule has 1 aliphatic rings. The van der Waals surface area contributed by atoms with Crippen molar-refractivity contribution >= 4 is 5.91 Å². The van der Waals surface area contributed by atoms with Crippen LogP contribution in [0, 0.1) is 0 Å². The number of hydrogen-bond acceptors (Lipinski definition) is 5. The highest BCUT2D eigenvalue weighted by Gasteiger charge is 2.20. The third-order valence-corrected chi connectivity index (χ3v) is 5.48. The van der Waals surface area contributed by atoms with E-state index < -0.39 is 0 Å². The maximum Gasteiger partial charge on any atom is 0.227 e. The summed E-state index contributed by atoms with van der Waals surface area (Å²) in [5.74, 6) is 1.41. The van der Waals surface area contributed by atoms with Crippen LogP contribution in [-0.4, -0.2) is 46.8 Å². The minimum atomic E-state index is 0.0456. The van der Waals surface area contributed by atoms with Crippen LogP contribution >= 0.6 is 0 Å². The van der Waals surface area contributed by atoms with Gasteiger partial charge in [-0.15, -0.1) is 0 Å². The molecule has 2 aromatic heterocycles. The van der Waals surface area contributed by atoms with Crippen LogP contribution in [0.15, 0.2) is 61.2 Å². The highest BCUT2D eigenvalue weighted by Crippen LogP contribution is 2.31. The minimum Gasteiger partial charge on any atom is -0.493 e. The normalized spacial score (nSPS) is 15.5. The Kier molecular flexibility index (Phi) is 7.07. The van der Waals surface area contributed by atoms with Crippen molar-refractivity contribution in [3.05, 3.63) is 77.9 Å². The summed E-state index contributed by atoms with van der Waals surface area (Å²) in [6.07, 6.45) is 8.72. The first-order valence-corrected chi connectivity index (χ1v) is 10.8. The molecule has 3 aromatic rings. The van der Waals surface area contributed by atoms with Crippen molar-refractivity contribution in [2.24, 2.45) is 7.05 Å². The second-order valence-electron chi connectivity index (χ2n) is 8.06.